The number of carbonyl (C=O) groups excluding carboxylic acids is 2. The fraction of sp³-hybridized carbons (Fsp3) is 0.200. The smallest absolute Gasteiger partial charge is 0.406 e. The quantitative estimate of drug-likeness (QED) is 0.352. The third-order valence-electron chi connectivity index (χ3n) is 4.17. The number of esters is 2. The van der Waals surface area contributed by atoms with Crippen LogP contribution in [0.1, 0.15) is 26.5 Å². The molecule has 0 fully saturated rings. The summed E-state index contributed by atoms with van der Waals surface area (Å²) in [4.78, 5) is 28.8. The van der Waals surface area contributed by atoms with Gasteiger partial charge in [-0.3, -0.25) is 0 Å². The van der Waals surface area contributed by atoms with E-state index in [0.717, 1.165) is 7.11 Å². The highest BCUT2D eigenvalue weighted by atomic mass is 16.5. The van der Waals surface area contributed by atoms with Gasteiger partial charge in [-0.2, -0.15) is 4.73 Å². The van der Waals surface area contributed by atoms with Gasteiger partial charge in [0.1, 0.15) is 12.1 Å². The summed E-state index contributed by atoms with van der Waals surface area (Å²) in [6.07, 6.45) is 0. The molecule has 0 spiro atoms. The van der Waals surface area contributed by atoms with E-state index in [9.17, 15) is 14.8 Å². The van der Waals surface area contributed by atoms with E-state index < -0.39 is 18.5 Å². The molecule has 1 heterocycles. The average Bonchev–Trinajstić information content (AvgIpc) is 2.76. The average molecular weight is 398 g/mol. The number of rotatable bonds is 6. The van der Waals surface area contributed by atoms with Gasteiger partial charge in [0, 0.05) is 6.07 Å². The van der Waals surface area contributed by atoms with E-state index in [4.69, 9.17) is 14.2 Å². The van der Waals surface area contributed by atoms with Crippen LogP contribution in [-0.2, 0) is 16.1 Å². The normalized spacial score (nSPS) is 10.4. The summed E-state index contributed by atoms with van der Waals surface area (Å²) >= 11 is 0. The van der Waals surface area contributed by atoms with Crippen molar-refractivity contribution in [1.82, 2.24) is 4.98 Å². The highest BCUT2D eigenvalue weighted by Crippen LogP contribution is 2.28. The summed E-state index contributed by atoms with van der Waals surface area (Å²) in [5, 5.41) is 12.6. The van der Waals surface area contributed by atoms with Crippen molar-refractivity contribution in [2.24, 2.45) is 0 Å². The fourth-order valence-corrected chi connectivity index (χ4v) is 2.74. The first-order chi connectivity index (χ1) is 14.0. The van der Waals surface area contributed by atoms with Gasteiger partial charge in [-0.05, 0) is 24.3 Å². The summed E-state index contributed by atoms with van der Waals surface area (Å²) in [6.45, 7) is -0.398. The summed E-state index contributed by atoms with van der Waals surface area (Å²) in [5.74, 6) is -0.747. The minimum atomic E-state index is -0.879. The van der Waals surface area contributed by atoms with E-state index in [0.29, 0.717) is 21.7 Å². The van der Waals surface area contributed by atoms with Crippen molar-refractivity contribution in [3.63, 3.8) is 0 Å². The minimum Gasteiger partial charge on any atom is -0.618 e. The summed E-state index contributed by atoms with van der Waals surface area (Å²) in [7, 11) is 4.08. The Bertz CT molecular complexity index is 1080. The molecule has 0 radical (unpaired) electrons. The standard InChI is InChI=1S/C20H18N2O7/c1-26-16-9-8-12(10-17(16)27-2)19(23)29-11-14-18(20(24)28-3)22(25)15-7-5-4-6-13(15)21-14/h4-10H,11H2,1-3H3. The number of para-hydroxylation sites is 2. The maximum Gasteiger partial charge on any atom is 0.406 e. The van der Waals surface area contributed by atoms with Crippen LogP contribution in [0.5, 0.6) is 11.5 Å². The molecule has 0 atom stereocenters. The molecular weight excluding hydrogens is 380 g/mol. The van der Waals surface area contributed by atoms with Crippen LogP contribution >= 0.6 is 0 Å². The molecule has 0 aliphatic rings. The van der Waals surface area contributed by atoms with E-state index in [1.807, 2.05) is 0 Å². The summed E-state index contributed by atoms with van der Waals surface area (Å²) < 4.78 is 20.7. The molecule has 0 aliphatic heterocycles. The number of benzene rings is 2. The van der Waals surface area contributed by atoms with Crippen molar-refractivity contribution in [2.75, 3.05) is 21.3 Å². The van der Waals surface area contributed by atoms with Crippen LogP contribution in [0.25, 0.3) is 11.0 Å². The molecule has 0 amide bonds. The summed E-state index contributed by atoms with van der Waals surface area (Å²) in [6, 6.07) is 11.0. The van der Waals surface area contributed by atoms with E-state index in [-0.39, 0.29) is 22.5 Å². The zero-order valence-corrected chi connectivity index (χ0v) is 16.0. The third kappa shape index (κ3) is 3.88. The summed E-state index contributed by atoms with van der Waals surface area (Å²) in [5.41, 5.74) is 0.402. The fourth-order valence-electron chi connectivity index (χ4n) is 2.74. The van der Waals surface area contributed by atoms with Gasteiger partial charge in [0.25, 0.3) is 0 Å². The molecule has 3 rings (SSSR count). The Hall–Kier alpha value is -3.88. The highest BCUT2D eigenvalue weighted by molar-refractivity contribution is 5.91. The Morgan fingerprint density at radius 2 is 1.72 bits per heavy atom. The third-order valence-corrected chi connectivity index (χ3v) is 4.17. The van der Waals surface area contributed by atoms with Gasteiger partial charge in [0.15, 0.2) is 17.2 Å². The Balaban J connectivity index is 1.92. The molecule has 0 saturated carbocycles. The molecule has 9 heteroatoms. The van der Waals surface area contributed by atoms with Gasteiger partial charge in [-0.1, -0.05) is 12.1 Å². The Labute approximate surface area is 166 Å². The predicted octanol–water partition coefficient (Wildman–Crippen LogP) is 2.03. The zero-order chi connectivity index (χ0) is 21.0. The first-order valence-corrected chi connectivity index (χ1v) is 8.48. The first kappa shape index (κ1) is 19.9. The molecule has 150 valence electrons. The SMILES string of the molecule is COC(=O)c1c(COC(=O)c2ccc(OC)c(OC)c2)nc2ccccc2[n+]1[O-]. The van der Waals surface area contributed by atoms with Crippen LogP contribution in [0.2, 0.25) is 0 Å². The number of hydrogen-bond donors (Lipinski definition) is 0. The number of aromatic nitrogens is 2. The number of ether oxygens (including phenoxy) is 4. The van der Waals surface area contributed by atoms with Crippen molar-refractivity contribution >= 4 is 23.0 Å². The molecular formula is C20H18N2O7. The van der Waals surface area contributed by atoms with Crippen LogP contribution in [-0.4, -0.2) is 38.3 Å². The van der Waals surface area contributed by atoms with Gasteiger partial charge in [0.05, 0.1) is 26.9 Å². The lowest BCUT2D eigenvalue weighted by atomic mass is 10.2. The number of methoxy groups -OCH3 is 3. The van der Waals surface area contributed by atoms with E-state index in [1.54, 1.807) is 24.3 Å². The van der Waals surface area contributed by atoms with Crippen molar-refractivity contribution in [1.29, 1.82) is 0 Å². The van der Waals surface area contributed by atoms with Gasteiger partial charge < -0.3 is 24.2 Å². The number of hydrogen-bond acceptors (Lipinski definition) is 8. The molecule has 3 aromatic rings. The first-order valence-electron chi connectivity index (χ1n) is 8.48. The van der Waals surface area contributed by atoms with Crippen molar-refractivity contribution in [2.45, 2.75) is 6.61 Å². The van der Waals surface area contributed by atoms with Crippen LogP contribution in [0.3, 0.4) is 0 Å². The second kappa shape index (κ2) is 8.42. The van der Waals surface area contributed by atoms with Crippen molar-refractivity contribution in [3.05, 3.63) is 64.6 Å². The maximum absolute atomic E-state index is 12.6. The predicted molar refractivity (Wildman–Crippen MR) is 101 cm³/mol. The molecule has 1 aromatic heterocycles. The number of carbonyl (C=O) groups is 2. The second-order valence-corrected chi connectivity index (χ2v) is 5.83. The largest absolute Gasteiger partial charge is 0.618 e. The zero-order valence-electron chi connectivity index (χ0n) is 16.0. The molecule has 0 aliphatic carbocycles. The second-order valence-electron chi connectivity index (χ2n) is 5.83. The molecule has 0 unspecified atom stereocenters. The van der Waals surface area contributed by atoms with Crippen LogP contribution in [0.4, 0.5) is 0 Å². The van der Waals surface area contributed by atoms with Gasteiger partial charge in [-0.15, -0.1) is 0 Å². The molecule has 9 nitrogen and oxygen atoms in total. The molecule has 0 bridgehead atoms. The van der Waals surface area contributed by atoms with E-state index >= 15 is 0 Å². The molecule has 0 N–H and O–H groups in total. The molecule has 0 saturated heterocycles. The Kier molecular flexibility index (Phi) is 5.77. The van der Waals surface area contributed by atoms with Crippen LogP contribution < -0.4 is 14.2 Å². The topological polar surface area (TPSA) is 111 Å². The van der Waals surface area contributed by atoms with E-state index in [2.05, 4.69) is 9.72 Å². The lowest BCUT2D eigenvalue weighted by molar-refractivity contribution is -0.581. The van der Waals surface area contributed by atoms with Crippen molar-refractivity contribution < 1.29 is 33.3 Å². The lowest BCUT2D eigenvalue weighted by Crippen LogP contribution is -2.38. The Morgan fingerprint density at radius 1 is 1.00 bits per heavy atom. The lowest BCUT2D eigenvalue weighted by Gasteiger charge is -2.12. The highest BCUT2D eigenvalue weighted by Gasteiger charge is 2.28. The van der Waals surface area contributed by atoms with Gasteiger partial charge in [-0.25, -0.2) is 14.6 Å². The Morgan fingerprint density at radius 3 is 2.41 bits per heavy atom. The maximum atomic E-state index is 12.6. The number of nitrogens with zero attached hydrogens (tertiary/aromatic N) is 2. The van der Waals surface area contributed by atoms with Crippen LogP contribution in [0.15, 0.2) is 42.5 Å². The van der Waals surface area contributed by atoms with E-state index in [1.165, 1.54) is 32.4 Å². The van der Waals surface area contributed by atoms with Crippen LogP contribution in [0, 0.1) is 5.21 Å². The van der Waals surface area contributed by atoms with Gasteiger partial charge in [0.2, 0.25) is 5.52 Å². The molecule has 2 aromatic carbocycles. The van der Waals surface area contributed by atoms with Gasteiger partial charge >= 0.3 is 17.6 Å². The van der Waals surface area contributed by atoms with Crippen molar-refractivity contribution in [3.8, 4) is 11.5 Å². The monoisotopic (exact) mass is 398 g/mol. The minimum absolute atomic E-state index is 0.0145. The molecule has 29 heavy (non-hydrogen) atoms. The number of fused-ring (bicyclic) bond motifs is 1.